The van der Waals surface area contributed by atoms with Gasteiger partial charge in [0.25, 0.3) is 0 Å². The van der Waals surface area contributed by atoms with Crippen molar-refractivity contribution in [3.8, 4) is 5.75 Å². The van der Waals surface area contributed by atoms with Gasteiger partial charge in [-0.3, -0.25) is 0 Å². The van der Waals surface area contributed by atoms with Gasteiger partial charge in [-0.05, 0) is 40.6 Å². The summed E-state index contributed by atoms with van der Waals surface area (Å²) in [5.41, 5.74) is 2.29. The van der Waals surface area contributed by atoms with Crippen molar-refractivity contribution in [3.63, 3.8) is 0 Å². The minimum atomic E-state index is 0.434. The van der Waals surface area contributed by atoms with Gasteiger partial charge in [0, 0.05) is 23.2 Å². The van der Waals surface area contributed by atoms with Crippen LogP contribution in [0.15, 0.2) is 35.0 Å². The van der Waals surface area contributed by atoms with Crippen molar-refractivity contribution < 1.29 is 4.74 Å². The molecule has 0 unspecified atom stereocenters. The van der Waals surface area contributed by atoms with E-state index in [-0.39, 0.29) is 0 Å². The Kier molecular flexibility index (Phi) is 5.25. The van der Waals surface area contributed by atoms with Gasteiger partial charge in [0.15, 0.2) is 0 Å². The molecule has 1 aromatic carbocycles. The van der Waals surface area contributed by atoms with Gasteiger partial charge in [-0.2, -0.15) is 11.3 Å². The summed E-state index contributed by atoms with van der Waals surface area (Å²) in [6, 6.07) is 8.27. The lowest BCUT2D eigenvalue weighted by Crippen LogP contribution is -2.22. The van der Waals surface area contributed by atoms with Crippen molar-refractivity contribution in [2.24, 2.45) is 0 Å². The zero-order valence-corrected chi connectivity index (χ0v) is 12.7. The van der Waals surface area contributed by atoms with Gasteiger partial charge in [0.2, 0.25) is 0 Å². The molecule has 0 atom stereocenters. The van der Waals surface area contributed by atoms with Gasteiger partial charge in [-0.25, -0.2) is 0 Å². The Balaban J connectivity index is 2.05. The highest BCUT2D eigenvalue weighted by Crippen LogP contribution is 2.24. The number of benzene rings is 1. The van der Waals surface area contributed by atoms with Crippen LogP contribution in [0.3, 0.4) is 0 Å². The van der Waals surface area contributed by atoms with Crippen LogP contribution in [0.4, 0.5) is 0 Å². The van der Waals surface area contributed by atoms with Crippen molar-refractivity contribution in [1.82, 2.24) is 5.32 Å². The molecule has 1 N–H and O–H groups in total. The van der Waals surface area contributed by atoms with Crippen LogP contribution in [0, 0.1) is 0 Å². The Bertz CT molecular complexity index is 511. The standard InChI is InChI=1S/C15H18ClNOS/c1-11(2)17-8-13-7-14(16)3-4-15(13)18-9-12-5-6-19-10-12/h3-7,10-11,17H,8-9H2,1-2H3. The van der Waals surface area contributed by atoms with E-state index < -0.39 is 0 Å². The minimum Gasteiger partial charge on any atom is -0.489 e. The second kappa shape index (κ2) is 6.94. The third kappa shape index (κ3) is 4.53. The van der Waals surface area contributed by atoms with E-state index in [2.05, 4.69) is 36.0 Å². The highest BCUT2D eigenvalue weighted by atomic mass is 35.5. The summed E-state index contributed by atoms with van der Waals surface area (Å²) in [6.07, 6.45) is 0. The molecule has 0 radical (unpaired) electrons. The van der Waals surface area contributed by atoms with Crippen molar-refractivity contribution in [1.29, 1.82) is 0 Å². The van der Waals surface area contributed by atoms with E-state index in [9.17, 15) is 0 Å². The predicted molar refractivity (Wildman–Crippen MR) is 82.1 cm³/mol. The van der Waals surface area contributed by atoms with Crippen molar-refractivity contribution >= 4 is 22.9 Å². The molecular formula is C15H18ClNOS. The van der Waals surface area contributed by atoms with Crippen LogP contribution in [0.1, 0.15) is 25.0 Å². The average Bonchev–Trinajstić information content (AvgIpc) is 2.88. The first kappa shape index (κ1) is 14.4. The smallest absolute Gasteiger partial charge is 0.124 e. The summed E-state index contributed by atoms with van der Waals surface area (Å²) < 4.78 is 5.88. The molecule has 2 rings (SSSR count). The first-order valence-corrected chi connectivity index (χ1v) is 7.63. The molecule has 0 aliphatic heterocycles. The second-order valence-corrected chi connectivity index (χ2v) is 5.92. The predicted octanol–water partition coefficient (Wildman–Crippen LogP) is 4.48. The zero-order chi connectivity index (χ0) is 13.7. The average molecular weight is 296 g/mol. The SMILES string of the molecule is CC(C)NCc1cc(Cl)ccc1OCc1ccsc1. The number of rotatable bonds is 6. The van der Waals surface area contributed by atoms with E-state index in [1.807, 2.05) is 18.2 Å². The highest BCUT2D eigenvalue weighted by molar-refractivity contribution is 7.07. The van der Waals surface area contributed by atoms with Crippen molar-refractivity contribution in [3.05, 3.63) is 51.2 Å². The zero-order valence-electron chi connectivity index (χ0n) is 11.2. The molecule has 2 nitrogen and oxygen atoms in total. The number of ether oxygens (including phenoxy) is 1. The van der Waals surface area contributed by atoms with Crippen LogP contribution in [0.25, 0.3) is 0 Å². The van der Waals surface area contributed by atoms with E-state index in [1.54, 1.807) is 11.3 Å². The molecule has 0 spiro atoms. The van der Waals surface area contributed by atoms with Gasteiger partial charge in [0.05, 0.1) is 0 Å². The molecule has 0 saturated carbocycles. The van der Waals surface area contributed by atoms with E-state index in [4.69, 9.17) is 16.3 Å². The van der Waals surface area contributed by atoms with Gasteiger partial charge >= 0.3 is 0 Å². The van der Waals surface area contributed by atoms with Gasteiger partial charge in [-0.15, -0.1) is 0 Å². The van der Waals surface area contributed by atoms with Crippen LogP contribution in [0.2, 0.25) is 5.02 Å². The Hall–Kier alpha value is -1.03. The molecule has 0 aliphatic carbocycles. The lowest BCUT2D eigenvalue weighted by atomic mass is 10.2. The van der Waals surface area contributed by atoms with Gasteiger partial charge < -0.3 is 10.1 Å². The quantitative estimate of drug-likeness (QED) is 0.848. The summed E-state index contributed by atoms with van der Waals surface area (Å²) in [5.74, 6) is 0.892. The van der Waals surface area contributed by atoms with E-state index in [0.717, 1.165) is 22.9 Å². The molecular weight excluding hydrogens is 278 g/mol. The van der Waals surface area contributed by atoms with E-state index in [1.165, 1.54) is 5.56 Å². The van der Waals surface area contributed by atoms with Crippen LogP contribution < -0.4 is 10.1 Å². The molecule has 0 saturated heterocycles. The summed E-state index contributed by atoms with van der Waals surface area (Å²) in [5, 5.41) is 8.28. The fourth-order valence-corrected chi connectivity index (χ4v) is 2.52. The maximum absolute atomic E-state index is 6.05. The summed E-state index contributed by atoms with van der Waals surface area (Å²) in [4.78, 5) is 0. The Labute approximate surface area is 123 Å². The summed E-state index contributed by atoms with van der Waals surface area (Å²) >= 11 is 7.73. The minimum absolute atomic E-state index is 0.434. The van der Waals surface area contributed by atoms with Crippen LogP contribution >= 0.6 is 22.9 Å². The van der Waals surface area contributed by atoms with Crippen LogP contribution in [0.5, 0.6) is 5.75 Å². The summed E-state index contributed by atoms with van der Waals surface area (Å²) in [6.45, 7) is 5.60. The van der Waals surface area contributed by atoms with Crippen LogP contribution in [-0.2, 0) is 13.2 Å². The Morgan fingerprint density at radius 2 is 2.16 bits per heavy atom. The maximum atomic E-state index is 6.05. The fraction of sp³-hybridized carbons (Fsp3) is 0.333. The number of halogens is 1. The molecule has 102 valence electrons. The normalized spacial score (nSPS) is 10.9. The third-order valence-electron chi connectivity index (χ3n) is 2.70. The van der Waals surface area contributed by atoms with E-state index in [0.29, 0.717) is 12.6 Å². The Morgan fingerprint density at radius 3 is 2.84 bits per heavy atom. The van der Waals surface area contributed by atoms with Crippen LogP contribution in [-0.4, -0.2) is 6.04 Å². The Morgan fingerprint density at radius 1 is 1.32 bits per heavy atom. The van der Waals surface area contributed by atoms with Crippen molar-refractivity contribution in [2.75, 3.05) is 0 Å². The second-order valence-electron chi connectivity index (χ2n) is 4.71. The van der Waals surface area contributed by atoms with E-state index >= 15 is 0 Å². The molecule has 2 aromatic rings. The lowest BCUT2D eigenvalue weighted by Gasteiger charge is -2.14. The monoisotopic (exact) mass is 295 g/mol. The third-order valence-corrected chi connectivity index (χ3v) is 3.66. The van der Waals surface area contributed by atoms with Crippen molar-refractivity contribution in [2.45, 2.75) is 33.0 Å². The first-order valence-electron chi connectivity index (χ1n) is 6.31. The largest absolute Gasteiger partial charge is 0.489 e. The molecule has 0 amide bonds. The lowest BCUT2D eigenvalue weighted by molar-refractivity contribution is 0.302. The molecule has 0 aliphatic rings. The number of nitrogens with one attached hydrogen (secondary N) is 1. The van der Waals surface area contributed by atoms with Gasteiger partial charge in [-0.1, -0.05) is 25.4 Å². The first-order chi connectivity index (χ1) is 9.15. The molecule has 0 fully saturated rings. The number of hydrogen-bond acceptors (Lipinski definition) is 3. The summed E-state index contributed by atoms with van der Waals surface area (Å²) in [7, 11) is 0. The number of hydrogen-bond donors (Lipinski definition) is 1. The maximum Gasteiger partial charge on any atom is 0.124 e. The highest BCUT2D eigenvalue weighted by Gasteiger charge is 2.06. The molecule has 0 bridgehead atoms. The molecule has 1 heterocycles. The molecule has 4 heteroatoms. The fourth-order valence-electron chi connectivity index (χ4n) is 1.68. The molecule has 19 heavy (non-hydrogen) atoms. The van der Waals surface area contributed by atoms with Gasteiger partial charge in [0.1, 0.15) is 12.4 Å². The molecule has 1 aromatic heterocycles. The number of thiophene rings is 1. The topological polar surface area (TPSA) is 21.3 Å².